The molecule has 4 heterocycles. The van der Waals surface area contributed by atoms with Gasteiger partial charge in [-0.2, -0.15) is 5.10 Å². The van der Waals surface area contributed by atoms with Crippen LogP contribution in [0.4, 0.5) is 4.39 Å². The Balaban J connectivity index is 1.48. The fourth-order valence-corrected chi connectivity index (χ4v) is 5.03. The van der Waals surface area contributed by atoms with Crippen LogP contribution in [0.5, 0.6) is 0 Å². The number of halogens is 1. The smallest absolute Gasteiger partial charge is 0.263 e. The number of carbonyl (C=O) groups excluding carboxylic acids is 1. The zero-order valence-corrected chi connectivity index (χ0v) is 17.2. The highest BCUT2D eigenvalue weighted by Gasteiger charge is 2.34. The van der Waals surface area contributed by atoms with Crippen molar-refractivity contribution in [3.8, 4) is 0 Å². The third-order valence-electron chi connectivity index (χ3n) is 4.94. The average Bonchev–Trinajstić information content (AvgIpc) is 3.50. The number of aromatic nitrogens is 2. The zero-order valence-electron chi connectivity index (χ0n) is 15.6. The Kier molecular flexibility index (Phi) is 4.76. The molecular formula is C21H15FN4O2S2. The van der Waals surface area contributed by atoms with Gasteiger partial charge in [0.2, 0.25) is 0 Å². The molecule has 4 aromatic rings. The maximum Gasteiger partial charge on any atom is 0.263 e. The van der Waals surface area contributed by atoms with Gasteiger partial charge in [-0.15, -0.1) is 22.7 Å². The van der Waals surface area contributed by atoms with Crippen LogP contribution in [-0.4, -0.2) is 26.2 Å². The van der Waals surface area contributed by atoms with Crippen molar-refractivity contribution in [2.24, 2.45) is 5.10 Å². The highest BCUT2D eigenvalue weighted by atomic mass is 32.1. The molecule has 0 spiro atoms. The lowest BCUT2D eigenvalue weighted by Gasteiger charge is -2.21. The highest BCUT2D eigenvalue weighted by molar-refractivity contribution is 7.12. The second-order valence-electron chi connectivity index (χ2n) is 6.84. The van der Waals surface area contributed by atoms with Gasteiger partial charge in [0, 0.05) is 17.4 Å². The Morgan fingerprint density at radius 2 is 2.00 bits per heavy atom. The largest absolute Gasteiger partial charge is 0.289 e. The first-order valence-corrected chi connectivity index (χ1v) is 11.0. The van der Waals surface area contributed by atoms with Gasteiger partial charge >= 0.3 is 0 Å². The van der Waals surface area contributed by atoms with E-state index in [0.717, 1.165) is 15.5 Å². The van der Waals surface area contributed by atoms with Crippen LogP contribution in [0.3, 0.4) is 0 Å². The second-order valence-corrected chi connectivity index (χ2v) is 8.76. The van der Waals surface area contributed by atoms with Gasteiger partial charge in [-0.05, 0) is 35.0 Å². The minimum Gasteiger partial charge on any atom is -0.289 e. The lowest BCUT2D eigenvalue weighted by molar-refractivity contribution is -0.133. The molecule has 6 nitrogen and oxygen atoms in total. The number of carbonyl (C=O) groups is 1. The van der Waals surface area contributed by atoms with E-state index in [2.05, 4.69) is 10.1 Å². The Bertz CT molecular complexity index is 1310. The lowest BCUT2D eigenvalue weighted by Crippen LogP contribution is -2.33. The molecule has 0 radical (unpaired) electrons. The normalized spacial score (nSPS) is 16.2. The second kappa shape index (κ2) is 7.58. The van der Waals surface area contributed by atoms with E-state index in [1.807, 2.05) is 35.0 Å². The average molecular weight is 439 g/mol. The predicted molar refractivity (Wildman–Crippen MR) is 115 cm³/mol. The molecule has 0 fully saturated rings. The summed E-state index contributed by atoms with van der Waals surface area (Å²) < 4.78 is 14.6. The number of fused-ring (bicyclic) bond motifs is 1. The van der Waals surface area contributed by atoms with Crippen LogP contribution in [0.25, 0.3) is 10.9 Å². The van der Waals surface area contributed by atoms with Crippen molar-refractivity contribution in [2.45, 2.75) is 19.0 Å². The summed E-state index contributed by atoms with van der Waals surface area (Å²) in [6.45, 7) is -0.192. The van der Waals surface area contributed by atoms with Crippen molar-refractivity contribution in [3.63, 3.8) is 0 Å². The van der Waals surface area contributed by atoms with E-state index in [1.54, 1.807) is 22.7 Å². The van der Waals surface area contributed by atoms with E-state index in [4.69, 9.17) is 0 Å². The summed E-state index contributed by atoms with van der Waals surface area (Å²) in [6, 6.07) is 11.5. The fourth-order valence-electron chi connectivity index (χ4n) is 3.50. The molecule has 3 aromatic heterocycles. The van der Waals surface area contributed by atoms with E-state index in [-0.39, 0.29) is 35.0 Å². The molecule has 0 saturated heterocycles. The summed E-state index contributed by atoms with van der Waals surface area (Å²) in [5, 5.41) is 10.3. The summed E-state index contributed by atoms with van der Waals surface area (Å²) in [5.74, 6) is -0.764. The number of thiophene rings is 2. The van der Waals surface area contributed by atoms with E-state index in [0.29, 0.717) is 6.42 Å². The van der Waals surface area contributed by atoms with Crippen LogP contribution >= 0.6 is 22.7 Å². The lowest BCUT2D eigenvalue weighted by atomic mass is 10.1. The van der Waals surface area contributed by atoms with Gasteiger partial charge in [0.15, 0.2) is 0 Å². The minimum absolute atomic E-state index is 0.192. The minimum atomic E-state index is -0.463. The molecule has 1 unspecified atom stereocenters. The Labute approximate surface area is 178 Å². The Morgan fingerprint density at radius 1 is 1.17 bits per heavy atom. The summed E-state index contributed by atoms with van der Waals surface area (Å²) >= 11 is 3.15. The number of amides is 1. The molecule has 0 N–H and O–H groups in total. The molecule has 5 rings (SSSR count). The van der Waals surface area contributed by atoms with Gasteiger partial charge in [-0.3, -0.25) is 14.2 Å². The van der Waals surface area contributed by atoms with Crippen LogP contribution < -0.4 is 5.56 Å². The van der Waals surface area contributed by atoms with E-state index in [1.165, 1.54) is 34.1 Å². The summed E-state index contributed by atoms with van der Waals surface area (Å²) in [4.78, 5) is 32.1. The quantitative estimate of drug-likeness (QED) is 0.483. The van der Waals surface area contributed by atoms with Crippen molar-refractivity contribution in [1.82, 2.24) is 14.6 Å². The predicted octanol–water partition coefficient (Wildman–Crippen LogP) is 4.04. The molecule has 1 amide bonds. The van der Waals surface area contributed by atoms with Crippen LogP contribution in [0.2, 0.25) is 0 Å². The van der Waals surface area contributed by atoms with Crippen molar-refractivity contribution >= 4 is 45.2 Å². The van der Waals surface area contributed by atoms with Gasteiger partial charge in [-0.1, -0.05) is 12.1 Å². The van der Waals surface area contributed by atoms with Gasteiger partial charge in [0.1, 0.15) is 12.4 Å². The van der Waals surface area contributed by atoms with Crippen molar-refractivity contribution in [1.29, 1.82) is 0 Å². The van der Waals surface area contributed by atoms with Crippen molar-refractivity contribution < 1.29 is 9.18 Å². The van der Waals surface area contributed by atoms with Gasteiger partial charge in [0.05, 0.1) is 33.9 Å². The summed E-state index contributed by atoms with van der Waals surface area (Å²) in [5.41, 5.74) is 0.734. The molecule has 0 aliphatic carbocycles. The van der Waals surface area contributed by atoms with Crippen LogP contribution in [0.1, 0.15) is 22.2 Å². The summed E-state index contributed by atoms with van der Waals surface area (Å²) in [7, 11) is 0. The van der Waals surface area contributed by atoms with E-state index in [9.17, 15) is 14.0 Å². The van der Waals surface area contributed by atoms with Gasteiger partial charge in [0.25, 0.3) is 11.5 Å². The first-order chi connectivity index (χ1) is 14.6. The molecule has 1 aliphatic heterocycles. The van der Waals surface area contributed by atoms with Crippen molar-refractivity contribution in [2.75, 3.05) is 0 Å². The SMILES string of the molecule is O=C(Cn1cnc2cc(F)ccc2c1=O)N1N=C(c2cccs2)CC1c1cccs1. The fraction of sp³-hybridized carbons (Fsp3) is 0.143. The van der Waals surface area contributed by atoms with Crippen molar-refractivity contribution in [3.05, 3.63) is 85.5 Å². The van der Waals surface area contributed by atoms with Gasteiger partial charge in [-0.25, -0.2) is 14.4 Å². The first kappa shape index (κ1) is 18.8. The number of rotatable bonds is 4. The third-order valence-corrected chi connectivity index (χ3v) is 6.83. The molecule has 30 heavy (non-hydrogen) atoms. The number of benzene rings is 1. The monoisotopic (exact) mass is 438 g/mol. The molecular weight excluding hydrogens is 423 g/mol. The van der Waals surface area contributed by atoms with E-state index < -0.39 is 5.82 Å². The third kappa shape index (κ3) is 3.35. The number of hydrazone groups is 1. The zero-order chi connectivity index (χ0) is 20.7. The summed E-state index contributed by atoms with van der Waals surface area (Å²) in [6.07, 6.45) is 1.90. The maximum atomic E-state index is 13.4. The Hall–Kier alpha value is -3.17. The molecule has 0 saturated carbocycles. The van der Waals surface area contributed by atoms with Crippen LogP contribution in [0, 0.1) is 5.82 Å². The molecule has 0 bridgehead atoms. The molecule has 1 atom stereocenters. The molecule has 1 aliphatic rings. The maximum absolute atomic E-state index is 13.4. The molecule has 150 valence electrons. The van der Waals surface area contributed by atoms with Crippen LogP contribution in [0.15, 0.2) is 69.4 Å². The highest BCUT2D eigenvalue weighted by Crippen LogP contribution is 2.36. The van der Waals surface area contributed by atoms with E-state index >= 15 is 0 Å². The molecule has 9 heteroatoms. The van der Waals surface area contributed by atoms with Gasteiger partial charge < -0.3 is 0 Å². The topological polar surface area (TPSA) is 67.6 Å². The molecule has 1 aromatic carbocycles. The van der Waals surface area contributed by atoms with Crippen LogP contribution in [-0.2, 0) is 11.3 Å². The first-order valence-electron chi connectivity index (χ1n) is 9.21. The standard InChI is InChI=1S/C21H15FN4O2S2/c22-13-5-6-14-15(9-13)23-12-25(21(14)28)11-20(27)26-17(19-4-2-8-30-19)10-16(24-26)18-3-1-7-29-18/h1-9,12,17H,10-11H2. The number of hydrogen-bond acceptors (Lipinski definition) is 6. The Morgan fingerprint density at radius 3 is 2.77 bits per heavy atom. The number of hydrogen-bond donors (Lipinski definition) is 0. The number of nitrogens with zero attached hydrogens (tertiary/aromatic N) is 4.